The van der Waals surface area contributed by atoms with Crippen LogP contribution in [0.15, 0.2) is 0 Å². The van der Waals surface area contributed by atoms with Crippen molar-refractivity contribution in [2.75, 3.05) is 26.4 Å². The minimum atomic E-state index is 0.250. The van der Waals surface area contributed by atoms with E-state index in [1.165, 1.54) is 12.8 Å². The first-order chi connectivity index (χ1) is 6.33. The van der Waals surface area contributed by atoms with E-state index in [0.29, 0.717) is 13.1 Å². The van der Waals surface area contributed by atoms with Crippen molar-refractivity contribution in [1.82, 2.24) is 0 Å². The van der Waals surface area contributed by atoms with Gasteiger partial charge < -0.3 is 14.6 Å². The van der Waals surface area contributed by atoms with Gasteiger partial charge in [0.1, 0.15) is 0 Å². The van der Waals surface area contributed by atoms with Crippen LogP contribution < -0.4 is 0 Å². The van der Waals surface area contributed by atoms with Crippen molar-refractivity contribution in [1.29, 1.82) is 0 Å². The number of rotatable bonds is 2. The Morgan fingerprint density at radius 2 is 1.85 bits per heavy atom. The largest absolute Gasteiger partial charge is 0.468 e. The second-order valence-corrected chi connectivity index (χ2v) is 2.19. The Kier molecular flexibility index (Phi) is 20.0. The molecule has 0 radical (unpaired) electrons. The number of carbonyl (C=O) groups excluding carboxylic acids is 1. The van der Waals surface area contributed by atoms with Crippen molar-refractivity contribution >= 4 is 6.47 Å². The van der Waals surface area contributed by atoms with Crippen molar-refractivity contribution in [3.63, 3.8) is 0 Å². The Balaban J connectivity index is 0. The van der Waals surface area contributed by atoms with Crippen LogP contribution in [0.4, 0.5) is 0 Å². The van der Waals surface area contributed by atoms with Crippen molar-refractivity contribution in [2.24, 2.45) is 0 Å². The van der Waals surface area contributed by atoms with Crippen molar-refractivity contribution in [2.45, 2.75) is 26.7 Å². The molecule has 1 rings (SSSR count). The highest BCUT2D eigenvalue weighted by atomic mass is 16.5. The second-order valence-electron chi connectivity index (χ2n) is 2.19. The number of carbonyl (C=O) groups is 1. The lowest BCUT2D eigenvalue weighted by molar-refractivity contribution is -0.128. The van der Waals surface area contributed by atoms with E-state index in [1.807, 2.05) is 0 Å². The molecule has 0 saturated carbocycles. The van der Waals surface area contributed by atoms with Gasteiger partial charge in [-0.3, -0.25) is 4.79 Å². The smallest absolute Gasteiger partial charge is 0.293 e. The molecule has 1 saturated heterocycles. The van der Waals surface area contributed by atoms with Crippen LogP contribution in [0, 0.1) is 0 Å². The number of hydrogen-bond acceptors (Lipinski definition) is 4. The maximum Gasteiger partial charge on any atom is 0.293 e. The van der Waals surface area contributed by atoms with E-state index in [-0.39, 0.29) is 6.61 Å². The standard InChI is InChI=1S/C4H8O.C3H6O2.C2H6O/c1-2-4-5-3-1;1-2-5-3-4;1-2-3/h1-4H2;3H,2H2,1H3;3H,2H2,1H3. The second kappa shape index (κ2) is 17.5. The molecule has 4 nitrogen and oxygen atoms in total. The molecule has 1 heterocycles. The molecule has 1 aliphatic rings. The number of aliphatic hydroxyl groups excluding tert-OH is 1. The molecular weight excluding hydrogens is 172 g/mol. The van der Waals surface area contributed by atoms with Gasteiger partial charge in [-0.1, -0.05) is 0 Å². The van der Waals surface area contributed by atoms with E-state index >= 15 is 0 Å². The van der Waals surface area contributed by atoms with E-state index in [9.17, 15) is 4.79 Å². The third-order valence-corrected chi connectivity index (χ3v) is 1.06. The molecule has 1 aliphatic heterocycles. The Morgan fingerprint density at radius 3 is 1.92 bits per heavy atom. The van der Waals surface area contributed by atoms with Gasteiger partial charge in [0.2, 0.25) is 0 Å². The van der Waals surface area contributed by atoms with Crippen molar-refractivity contribution < 1.29 is 19.4 Å². The van der Waals surface area contributed by atoms with E-state index < -0.39 is 0 Å². The molecule has 1 N–H and O–H groups in total. The normalized spacial score (nSPS) is 13.2. The van der Waals surface area contributed by atoms with Crippen LogP contribution in [-0.2, 0) is 14.3 Å². The molecule has 0 aromatic rings. The molecule has 0 bridgehead atoms. The van der Waals surface area contributed by atoms with Crippen LogP contribution in [0.25, 0.3) is 0 Å². The SMILES string of the molecule is C1CCOC1.CCO.CCOC=O. The lowest BCUT2D eigenvalue weighted by Gasteiger charge is -1.79. The van der Waals surface area contributed by atoms with E-state index in [1.54, 1.807) is 13.8 Å². The molecule has 0 amide bonds. The molecular formula is C9H20O4. The summed E-state index contributed by atoms with van der Waals surface area (Å²) >= 11 is 0. The highest BCUT2D eigenvalue weighted by molar-refractivity contribution is 5.36. The average molecular weight is 192 g/mol. The Labute approximate surface area is 79.8 Å². The van der Waals surface area contributed by atoms with Crippen molar-refractivity contribution in [3.05, 3.63) is 0 Å². The fraction of sp³-hybridized carbons (Fsp3) is 0.889. The zero-order valence-electron chi connectivity index (χ0n) is 8.49. The van der Waals surface area contributed by atoms with Gasteiger partial charge in [-0.05, 0) is 26.7 Å². The predicted octanol–water partition coefficient (Wildman–Crippen LogP) is 0.975. The van der Waals surface area contributed by atoms with Gasteiger partial charge in [0.15, 0.2) is 0 Å². The first kappa shape index (κ1) is 14.9. The van der Waals surface area contributed by atoms with Crippen LogP contribution >= 0.6 is 0 Å². The number of ether oxygens (including phenoxy) is 2. The van der Waals surface area contributed by atoms with Crippen molar-refractivity contribution in [3.8, 4) is 0 Å². The molecule has 80 valence electrons. The lowest BCUT2D eigenvalue weighted by Crippen LogP contribution is -1.80. The summed E-state index contributed by atoms with van der Waals surface area (Å²) in [6.45, 7) is 6.60. The first-order valence-electron chi connectivity index (χ1n) is 4.57. The summed E-state index contributed by atoms with van der Waals surface area (Å²) in [4.78, 5) is 9.18. The first-order valence-corrected chi connectivity index (χ1v) is 4.57. The molecule has 0 unspecified atom stereocenters. The molecule has 0 aromatic heterocycles. The summed E-state index contributed by atoms with van der Waals surface area (Å²) in [7, 11) is 0. The van der Waals surface area contributed by atoms with Gasteiger partial charge >= 0.3 is 0 Å². The van der Waals surface area contributed by atoms with Gasteiger partial charge in [-0.2, -0.15) is 0 Å². The molecule has 0 spiro atoms. The Morgan fingerprint density at radius 1 is 1.38 bits per heavy atom. The summed E-state index contributed by atoms with van der Waals surface area (Å²) in [5, 5.41) is 7.57. The fourth-order valence-electron chi connectivity index (χ4n) is 0.578. The molecule has 0 aromatic carbocycles. The minimum absolute atomic E-state index is 0.250. The van der Waals surface area contributed by atoms with Crippen LogP contribution in [0.2, 0.25) is 0 Å². The maximum atomic E-state index is 9.18. The Hall–Kier alpha value is -0.610. The van der Waals surface area contributed by atoms with E-state index in [0.717, 1.165) is 13.2 Å². The molecule has 1 fully saturated rings. The molecule has 4 heteroatoms. The monoisotopic (exact) mass is 192 g/mol. The van der Waals surface area contributed by atoms with Gasteiger partial charge in [-0.25, -0.2) is 0 Å². The van der Waals surface area contributed by atoms with E-state index in [2.05, 4.69) is 4.74 Å². The zero-order valence-corrected chi connectivity index (χ0v) is 8.49. The predicted molar refractivity (Wildman–Crippen MR) is 50.5 cm³/mol. The molecule has 0 atom stereocenters. The zero-order chi connectivity index (χ0) is 10.4. The van der Waals surface area contributed by atoms with Gasteiger partial charge in [-0.15, -0.1) is 0 Å². The minimum Gasteiger partial charge on any atom is -0.468 e. The highest BCUT2D eigenvalue weighted by Crippen LogP contribution is 1.98. The molecule has 13 heavy (non-hydrogen) atoms. The van der Waals surface area contributed by atoms with Crippen LogP contribution in [0.3, 0.4) is 0 Å². The van der Waals surface area contributed by atoms with Gasteiger partial charge in [0, 0.05) is 19.8 Å². The molecule has 0 aliphatic carbocycles. The van der Waals surface area contributed by atoms with Gasteiger partial charge in [0.05, 0.1) is 6.61 Å². The fourth-order valence-corrected chi connectivity index (χ4v) is 0.578. The van der Waals surface area contributed by atoms with E-state index in [4.69, 9.17) is 9.84 Å². The maximum absolute atomic E-state index is 9.18. The summed E-state index contributed by atoms with van der Waals surface area (Å²) in [6, 6.07) is 0. The summed E-state index contributed by atoms with van der Waals surface area (Å²) in [6.07, 6.45) is 2.56. The van der Waals surface area contributed by atoms with Crippen LogP contribution in [0.5, 0.6) is 0 Å². The average Bonchev–Trinajstić information content (AvgIpc) is 2.64. The number of aliphatic hydroxyl groups is 1. The van der Waals surface area contributed by atoms with Crippen LogP contribution in [0.1, 0.15) is 26.7 Å². The quantitative estimate of drug-likeness (QED) is 0.662. The number of hydrogen-bond donors (Lipinski definition) is 1. The summed E-state index contributed by atoms with van der Waals surface area (Å²) < 4.78 is 9.10. The summed E-state index contributed by atoms with van der Waals surface area (Å²) in [5.41, 5.74) is 0. The van der Waals surface area contributed by atoms with Gasteiger partial charge in [0.25, 0.3) is 6.47 Å². The lowest BCUT2D eigenvalue weighted by atomic mass is 10.4. The van der Waals surface area contributed by atoms with Crippen LogP contribution in [-0.4, -0.2) is 38.0 Å². The third-order valence-electron chi connectivity index (χ3n) is 1.06. The summed E-state index contributed by atoms with van der Waals surface area (Å²) in [5.74, 6) is 0. The Bertz CT molecular complexity index is 74.1. The highest BCUT2D eigenvalue weighted by Gasteiger charge is 1.94. The topological polar surface area (TPSA) is 55.8 Å². The third kappa shape index (κ3) is 24.6.